The third-order valence-electron chi connectivity index (χ3n) is 2.55. The molecule has 2 rings (SSSR count). The van der Waals surface area contributed by atoms with E-state index >= 15 is 0 Å². The van der Waals surface area contributed by atoms with Crippen molar-refractivity contribution in [1.82, 2.24) is 24.9 Å². The topological polar surface area (TPSA) is 84.2 Å². The number of carbonyl (C=O) groups is 1. The van der Waals surface area contributed by atoms with E-state index in [9.17, 15) is 4.79 Å². The fraction of sp³-hybridized carbons (Fsp3) is 0.538. The number of hydrogen-bond acceptors (Lipinski definition) is 5. The van der Waals surface area contributed by atoms with E-state index in [1.165, 1.54) is 6.33 Å². The second kappa shape index (κ2) is 5.44. The standard InChI is InChI=1S/C13H20N6O/c1-9-7-10(19-12(17-9)15-8-16-19)14-6-5-11(20)18-13(2,3)4/h7-8,14H,5-6H2,1-4H3,(H,18,20). The van der Waals surface area contributed by atoms with Gasteiger partial charge in [0.25, 0.3) is 5.78 Å². The minimum atomic E-state index is -0.205. The van der Waals surface area contributed by atoms with Crippen LogP contribution < -0.4 is 10.6 Å². The van der Waals surface area contributed by atoms with Crippen LogP contribution in [0.5, 0.6) is 0 Å². The highest BCUT2D eigenvalue weighted by molar-refractivity contribution is 5.77. The van der Waals surface area contributed by atoms with E-state index in [0.29, 0.717) is 18.7 Å². The number of rotatable bonds is 4. The number of aryl methyl sites for hydroxylation is 1. The van der Waals surface area contributed by atoms with E-state index in [1.807, 2.05) is 33.8 Å². The highest BCUT2D eigenvalue weighted by atomic mass is 16.1. The first-order chi connectivity index (χ1) is 9.35. The molecule has 2 aromatic heterocycles. The van der Waals surface area contributed by atoms with Gasteiger partial charge in [-0.25, -0.2) is 4.98 Å². The zero-order valence-corrected chi connectivity index (χ0v) is 12.3. The quantitative estimate of drug-likeness (QED) is 0.875. The number of fused-ring (bicyclic) bond motifs is 1. The first-order valence-electron chi connectivity index (χ1n) is 6.57. The highest BCUT2D eigenvalue weighted by Gasteiger charge is 2.13. The lowest BCUT2D eigenvalue weighted by Gasteiger charge is -2.20. The molecule has 1 amide bonds. The average Bonchev–Trinajstić information content (AvgIpc) is 2.74. The fourth-order valence-electron chi connectivity index (χ4n) is 1.84. The highest BCUT2D eigenvalue weighted by Crippen LogP contribution is 2.10. The third-order valence-corrected chi connectivity index (χ3v) is 2.55. The molecule has 0 aromatic carbocycles. The van der Waals surface area contributed by atoms with Gasteiger partial charge in [0.1, 0.15) is 12.1 Å². The molecule has 0 aliphatic carbocycles. The second-order valence-electron chi connectivity index (χ2n) is 5.73. The maximum atomic E-state index is 11.7. The van der Waals surface area contributed by atoms with Gasteiger partial charge in [0, 0.05) is 30.3 Å². The summed E-state index contributed by atoms with van der Waals surface area (Å²) < 4.78 is 1.62. The lowest BCUT2D eigenvalue weighted by Crippen LogP contribution is -2.41. The maximum Gasteiger partial charge on any atom is 0.254 e. The summed E-state index contributed by atoms with van der Waals surface area (Å²) in [4.78, 5) is 20.0. The van der Waals surface area contributed by atoms with Crippen LogP contribution in [-0.4, -0.2) is 37.6 Å². The molecule has 0 spiro atoms. The summed E-state index contributed by atoms with van der Waals surface area (Å²) in [6.07, 6.45) is 1.86. The van der Waals surface area contributed by atoms with Crippen LogP contribution in [0.4, 0.5) is 5.82 Å². The number of amides is 1. The van der Waals surface area contributed by atoms with Crippen molar-refractivity contribution in [2.24, 2.45) is 0 Å². The van der Waals surface area contributed by atoms with Crippen molar-refractivity contribution in [2.75, 3.05) is 11.9 Å². The van der Waals surface area contributed by atoms with Gasteiger partial charge in [0.15, 0.2) is 0 Å². The predicted octanol–water partition coefficient (Wildman–Crippen LogP) is 1.15. The monoisotopic (exact) mass is 276 g/mol. The van der Waals surface area contributed by atoms with Crippen molar-refractivity contribution in [3.63, 3.8) is 0 Å². The van der Waals surface area contributed by atoms with Crippen LogP contribution in [0, 0.1) is 6.92 Å². The normalized spacial score (nSPS) is 11.6. The summed E-state index contributed by atoms with van der Waals surface area (Å²) >= 11 is 0. The average molecular weight is 276 g/mol. The molecule has 0 atom stereocenters. The van der Waals surface area contributed by atoms with E-state index in [1.54, 1.807) is 4.52 Å². The zero-order chi connectivity index (χ0) is 14.8. The van der Waals surface area contributed by atoms with Gasteiger partial charge in [0.2, 0.25) is 5.91 Å². The van der Waals surface area contributed by atoms with Crippen LogP contribution in [0.2, 0.25) is 0 Å². The molecule has 2 N–H and O–H groups in total. The number of carbonyl (C=O) groups excluding carboxylic acids is 1. The molecule has 0 unspecified atom stereocenters. The van der Waals surface area contributed by atoms with Gasteiger partial charge >= 0.3 is 0 Å². The molecule has 7 nitrogen and oxygen atoms in total. The van der Waals surface area contributed by atoms with E-state index < -0.39 is 0 Å². The Morgan fingerprint density at radius 2 is 2.15 bits per heavy atom. The Bertz CT molecular complexity index is 613. The molecule has 2 heterocycles. The van der Waals surface area contributed by atoms with Crippen LogP contribution in [0.25, 0.3) is 5.78 Å². The van der Waals surface area contributed by atoms with Gasteiger partial charge in [-0.15, -0.1) is 0 Å². The van der Waals surface area contributed by atoms with Crippen LogP contribution in [0.1, 0.15) is 32.9 Å². The number of nitrogens with one attached hydrogen (secondary N) is 2. The van der Waals surface area contributed by atoms with Gasteiger partial charge in [0.05, 0.1) is 0 Å². The molecule has 0 saturated carbocycles. The van der Waals surface area contributed by atoms with Crippen LogP contribution in [0.15, 0.2) is 12.4 Å². The third kappa shape index (κ3) is 3.66. The maximum absolute atomic E-state index is 11.7. The van der Waals surface area contributed by atoms with Gasteiger partial charge in [-0.2, -0.15) is 14.6 Å². The van der Waals surface area contributed by atoms with E-state index in [-0.39, 0.29) is 11.4 Å². The van der Waals surface area contributed by atoms with Crippen LogP contribution in [0.3, 0.4) is 0 Å². The molecule has 7 heteroatoms. The number of hydrogen-bond donors (Lipinski definition) is 2. The van der Waals surface area contributed by atoms with Gasteiger partial charge in [-0.3, -0.25) is 4.79 Å². The predicted molar refractivity (Wildman–Crippen MR) is 76.5 cm³/mol. The molecule has 0 saturated heterocycles. The molecule has 0 aliphatic rings. The molecular weight excluding hydrogens is 256 g/mol. The van der Waals surface area contributed by atoms with E-state index in [4.69, 9.17) is 0 Å². The molecule has 2 aromatic rings. The summed E-state index contributed by atoms with van der Waals surface area (Å²) in [5.74, 6) is 1.35. The minimum Gasteiger partial charge on any atom is -0.369 e. The van der Waals surface area contributed by atoms with Gasteiger partial charge in [-0.1, -0.05) is 0 Å². The van der Waals surface area contributed by atoms with Crippen molar-refractivity contribution in [3.05, 3.63) is 18.1 Å². The van der Waals surface area contributed by atoms with Crippen molar-refractivity contribution < 1.29 is 4.79 Å². The first kappa shape index (κ1) is 14.2. The molecule has 0 fully saturated rings. The van der Waals surface area contributed by atoms with Crippen molar-refractivity contribution >= 4 is 17.5 Å². The summed E-state index contributed by atoms with van der Waals surface area (Å²) in [6.45, 7) is 8.31. The first-order valence-corrected chi connectivity index (χ1v) is 6.57. The molecule has 0 bridgehead atoms. The van der Waals surface area contributed by atoms with Crippen molar-refractivity contribution in [3.8, 4) is 0 Å². The summed E-state index contributed by atoms with van der Waals surface area (Å²) in [7, 11) is 0. The molecular formula is C13H20N6O. The Morgan fingerprint density at radius 3 is 2.85 bits per heavy atom. The SMILES string of the molecule is Cc1cc(NCCC(=O)NC(C)(C)C)n2ncnc2n1. The van der Waals surface area contributed by atoms with E-state index in [0.717, 1.165) is 11.5 Å². The van der Waals surface area contributed by atoms with Crippen LogP contribution >= 0.6 is 0 Å². The van der Waals surface area contributed by atoms with Crippen molar-refractivity contribution in [1.29, 1.82) is 0 Å². The van der Waals surface area contributed by atoms with E-state index in [2.05, 4.69) is 25.7 Å². The smallest absolute Gasteiger partial charge is 0.254 e. The lowest BCUT2D eigenvalue weighted by molar-refractivity contribution is -0.122. The Balaban J connectivity index is 1.96. The lowest BCUT2D eigenvalue weighted by atomic mass is 10.1. The minimum absolute atomic E-state index is 0.0191. The molecule has 0 aliphatic heterocycles. The van der Waals surface area contributed by atoms with Crippen LogP contribution in [-0.2, 0) is 4.79 Å². The largest absolute Gasteiger partial charge is 0.369 e. The number of nitrogens with zero attached hydrogens (tertiary/aromatic N) is 4. The Morgan fingerprint density at radius 1 is 1.40 bits per heavy atom. The summed E-state index contributed by atoms with van der Waals surface area (Å²) in [6, 6.07) is 1.88. The number of anilines is 1. The summed E-state index contributed by atoms with van der Waals surface area (Å²) in [5.41, 5.74) is 0.649. The molecule has 0 radical (unpaired) electrons. The fourth-order valence-corrected chi connectivity index (χ4v) is 1.84. The zero-order valence-electron chi connectivity index (χ0n) is 12.3. The van der Waals surface area contributed by atoms with Crippen molar-refractivity contribution in [2.45, 2.75) is 39.7 Å². The van der Waals surface area contributed by atoms with Gasteiger partial charge < -0.3 is 10.6 Å². The Kier molecular flexibility index (Phi) is 3.87. The molecule has 108 valence electrons. The second-order valence-corrected chi connectivity index (χ2v) is 5.73. The molecule has 20 heavy (non-hydrogen) atoms. The Labute approximate surface area is 117 Å². The van der Waals surface area contributed by atoms with Gasteiger partial charge in [-0.05, 0) is 27.7 Å². The summed E-state index contributed by atoms with van der Waals surface area (Å²) in [5, 5.41) is 10.2. The number of aromatic nitrogens is 4. The Hall–Kier alpha value is -2.18.